The molecule has 1 aliphatic rings. The first-order valence-corrected chi connectivity index (χ1v) is 9.46. The molecule has 0 saturated carbocycles. The van der Waals surface area contributed by atoms with E-state index >= 15 is 0 Å². The van der Waals surface area contributed by atoms with Crippen molar-refractivity contribution in [2.45, 2.75) is 37.6 Å². The maximum absolute atomic E-state index is 12.8. The van der Waals surface area contributed by atoms with Crippen LogP contribution in [0.15, 0.2) is 23.1 Å². The number of carbonyl (C=O) groups is 1. The third kappa shape index (κ3) is 3.35. The minimum Gasteiger partial charge on any atom is -0.335 e. The number of rotatable bonds is 3. The second kappa shape index (κ2) is 6.15. The number of hydrogen-bond acceptors (Lipinski definition) is 3. The molecular weight excluding hydrogens is 333 g/mol. The predicted octanol–water partition coefficient (Wildman–Crippen LogP) is 3.53. The van der Waals surface area contributed by atoms with Crippen LogP contribution < -0.4 is 0 Å². The number of carbonyl (C=O) groups excluding carboxylic acids is 1. The summed E-state index contributed by atoms with van der Waals surface area (Å²) < 4.78 is 23.4. The summed E-state index contributed by atoms with van der Waals surface area (Å²) in [6.45, 7) is 4.69. The van der Waals surface area contributed by atoms with Gasteiger partial charge in [0.25, 0.3) is 15.0 Å². The Morgan fingerprint density at radius 2 is 2.05 bits per heavy atom. The zero-order valence-electron chi connectivity index (χ0n) is 11.8. The molecule has 0 aliphatic carbocycles. The molecule has 1 aliphatic heterocycles. The molecule has 1 fully saturated rings. The van der Waals surface area contributed by atoms with E-state index in [1.807, 2.05) is 13.8 Å². The summed E-state index contributed by atoms with van der Waals surface area (Å²) >= 11 is 6.07. The maximum Gasteiger partial charge on any atom is 0.262 e. The van der Waals surface area contributed by atoms with E-state index < -0.39 is 9.05 Å². The van der Waals surface area contributed by atoms with Crippen LogP contribution in [0, 0.1) is 5.92 Å². The number of halogens is 2. The van der Waals surface area contributed by atoms with Crippen LogP contribution in [-0.4, -0.2) is 31.8 Å². The Morgan fingerprint density at radius 1 is 1.38 bits per heavy atom. The lowest BCUT2D eigenvalue weighted by molar-refractivity contribution is 0.0698. The van der Waals surface area contributed by atoms with Gasteiger partial charge in [-0.25, -0.2) is 8.42 Å². The Kier molecular flexibility index (Phi) is 4.85. The highest BCUT2D eigenvalue weighted by atomic mass is 35.7. The van der Waals surface area contributed by atoms with Gasteiger partial charge in [-0.2, -0.15) is 0 Å². The first-order chi connectivity index (χ1) is 9.73. The molecule has 0 N–H and O–H groups in total. The van der Waals surface area contributed by atoms with Gasteiger partial charge in [-0.05, 0) is 30.9 Å². The van der Waals surface area contributed by atoms with E-state index in [1.165, 1.54) is 18.2 Å². The summed E-state index contributed by atoms with van der Waals surface area (Å²) in [4.78, 5) is 14.2. The van der Waals surface area contributed by atoms with Crippen LogP contribution in [0.4, 0.5) is 0 Å². The van der Waals surface area contributed by atoms with Crippen molar-refractivity contribution >= 4 is 37.2 Å². The molecule has 7 heteroatoms. The van der Waals surface area contributed by atoms with Crippen molar-refractivity contribution in [2.75, 3.05) is 6.54 Å². The normalized spacial score (nSPS) is 19.3. The molecule has 1 heterocycles. The van der Waals surface area contributed by atoms with Crippen LogP contribution in [0.1, 0.15) is 37.0 Å². The molecule has 1 unspecified atom stereocenters. The fourth-order valence-corrected chi connectivity index (χ4v) is 4.18. The maximum atomic E-state index is 12.8. The molecule has 2 rings (SSSR count). The van der Waals surface area contributed by atoms with Crippen molar-refractivity contribution in [1.82, 2.24) is 4.90 Å². The first kappa shape index (κ1) is 16.6. The summed E-state index contributed by atoms with van der Waals surface area (Å²) in [5.41, 5.74) is -0.0262. The molecule has 116 valence electrons. The second-order valence-electron chi connectivity index (χ2n) is 5.50. The number of hydrogen-bond donors (Lipinski definition) is 0. The summed E-state index contributed by atoms with van der Waals surface area (Å²) in [5, 5.41) is 0.108. The molecule has 21 heavy (non-hydrogen) atoms. The van der Waals surface area contributed by atoms with Gasteiger partial charge < -0.3 is 4.90 Å². The first-order valence-electron chi connectivity index (χ1n) is 6.77. The molecule has 0 bridgehead atoms. The van der Waals surface area contributed by atoms with Gasteiger partial charge in [0, 0.05) is 23.3 Å². The van der Waals surface area contributed by atoms with Gasteiger partial charge in [0.15, 0.2) is 0 Å². The summed E-state index contributed by atoms with van der Waals surface area (Å²) in [5.74, 6) is -0.0639. The molecule has 1 aromatic carbocycles. The standard InChI is InChI=1S/C14H17Cl2NO3S/c1-9(2)11-6-4-8-17(11)14(18)13-10(15)5-3-7-12(13)21(16,19)20/h3,5,7,9,11H,4,6,8H2,1-2H3. The van der Waals surface area contributed by atoms with Gasteiger partial charge in [-0.1, -0.05) is 31.5 Å². The molecule has 1 aromatic rings. The molecule has 0 spiro atoms. The highest BCUT2D eigenvalue weighted by molar-refractivity contribution is 8.13. The van der Waals surface area contributed by atoms with Crippen LogP contribution in [0.25, 0.3) is 0 Å². The average molecular weight is 350 g/mol. The molecule has 0 radical (unpaired) electrons. The van der Waals surface area contributed by atoms with E-state index in [-0.39, 0.29) is 27.4 Å². The molecule has 0 aromatic heterocycles. The van der Waals surface area contributed by atoms with Gasteiger partial charge in [0.05, 0.1) is 15.5 Å². The Morgan fingerprint density at radius 3 is 2.62 bits per heavy atom. The Hall–Kier alpha value is -0.780. The Balaban J connectivity index is 2.49. The van der Waals surface area contributed by atoms with E-state index in [1.54, 1.807) is 4.90 Å². The van der Waals surface area contributed by atoms with Crippen LogP contribution in [0.3, 0.4) is 0 Å². The van der Waals surface area contributed by atoms with Gasteiger partial charge in [0.2, 0.25) is 0 Å². The van der Waals surface area contributed by atoms with Gasteiger partial charge in [-0.3, -0.25) is 4.79 Å². The summed E-state index contributed by atoms with van der Waals surface area (Å²) in [6.07, 6.45) is 1.82. The summed E-state index contributed by atoms with van der Waals surface area (Å²) in [6, 6.07) is 4.38. The molecule has 1 amide bonds. The summed E-state index contributed by atoms with van der Waals surface area (Å²) in [7, 11) is 1.40. The molecule has 4 nitrogen and oxygen atoms in total. The number of benzene rings is 1. The number of amides is 1. The predicted molar refractivity (Wildman–Crippen MR) is 83.4 cm³/mol. The molecule has 1 saturated heterocycles. The Bertz CT molecular complexity index is 658. The van der Waals surface area contributed by atoms with E-state index in [0.29, 0.717) is 12.5 Å². The van der Waals surface area contributed by atoms with Crippen LogP contribution in [0.5, 0.6) is 0 Å². The van der Waals surface area contributed by atoms with Crippen LogP contribution >= 0.6 is 22.3 Å². The number of likely N-dealkylation sites (tertiary alicyclic amines) is 1. The largest absolute Gasteiger partial charge is 0.335 e. The van der Waals surface area contributed by atoms with Crippen molar-refractivity contribution in [3.05, 3.63) is 28.8 Å². The van der Waals surface area contributed by atoms with Crippen LogP contribution in [-0.2, 0) is 9.05 Å². The van der Waals surface area contributed by atoms with Crippen molar-refractivity contribution in [2.24, 2.45) is 5.92 Å². The van der Waals surface area contributed by atoms with Crippen molar-refractivity contribution < 1.29 is 13.2 Å². The fraction of sp³-hybridized carbons (Fsp3) is 0.500. The monoisotopic (exact) mass is 349 g/mol. The highest BCUT2D eigenvalue weighted by Gasteiger charge is 2.34. The minimum atomic E-state index is -4.03. The minimum absolute atomic E-state index is 0.0262. The fourth-order valence-electron chi connectivity index (χ4n) is 2.80. The SMILES string of the molecule is CC(C)C1CCCN1C(=O)c1c(Cl)cccc1S(=O)(=O)Cl. The average Bonchev–Trinajstić information content (AvgIpc) is 2.85. The quantitative estimate of drug-likeness (QED) is 0.784. The number of nitrogens with zero attached hydrogens (tertiary/aromatic N) is 1. The highest BCUT2D eigenvalue weighted by Crippen LogP contribution is 2.32. The lowest BCUT2D eigenvalue weighted by Crippen LogP contribution is -2.39. The third-order valence-corrected chi connectivity index (χ3v) is 5.46. The third-order valence-electron chi connectivity index (χ3n) is 3.78. The second-order valence-corrected chi connectivity index (χ2v) is 8.44. The van der Waals surface area contributed by atoms with E-state index in [2.05, 4.69) is 0 Å². The van der Waals surface area contributed by atoms with Crippen molar-refractivity contribution in [3.63, 3.8) is 0 Å². The molecule has 1 atom stereocenters. The van der Waals surface area contributed by atoms with Gasteiger partial charge in [0.1, 0.15) is 0 Å². The smallest absolute Gasteiger partial charge is 0.262 e. The zero-order chi connectivity index (χ0) is 15.8. The van der Waals surface area contributed by atoms with Crippen molar-refractivity contribution in [1.29, 1.82) is 0 Å². The topological polar surface area (TPSA) is 54.5 Å². The lowest BCUT2D eigenvalue weighted by atomic mass is 10.0. The van der Waals surface area contributed by atoms with Crippen molar-refractivity contribution in [3.8, 4) is 0 Å². The zero-order valence-corrected chi connectivity index (χ0v) is 14.2. The lowest BCUT2D eigenvalue weighted by Gasteiger charge is -2.28. The van der Waals surface area contributed by atoms with Gasteiger partial charge in [-0.15, -0.1) is 0 Å². The van der Waals surface area contributed by atoms with E-state index in [0.717, 1.165) is 12.8 Å². The van der Waals surface area contributed by atoms with Gasteiger partial charge >= 0.3 is 0 Å². The molecular formula is C14H17Cl2NO3S. The van der Waals surface area contributed by atoms with Crippen LogP contribution in [0.2, 0.25) is 5.02 Å². The Labute approximate surface area is 134 Å². The van der Waals surface area contributed by atoms with E-state index in [4.69, 9.17) is 22.3 Å². The van der Waals surface area contributed by atoms with E-state index in [9.17, 15) is 13.2 Å².